The van der Waals surface area contributed by atoms with Gasteiger partial charge in [-0.05, 0) is 88.9 Å². The fourth-order valence-electron chi connectivity index (χ4n) is 13.9. The molecule has 0 radical (unpaired) electrons. The van der Waals surface area contributed by atoms with Crippen LogP contribution in [-0.4, -0.2) is 263 Å². The molecule has 3 heterocycles. The maximum Gasteiger partial charge on any atom is 0.248 e. The van der Waals surface area contributed by atoms with Crippen molar-refractivity contribution in [3.63, 3.8) is 0 Å². The summed E-state index contributed by atoms with van der Waals surface area (Å²) in [4.78, 5) is 186. The third kappa shape index (κ3) is 17.1. The molecule has 12 amide bonds. The van der Waals surface area contributed by atoms with Crippen LogP contribution >= 0.6 is 0 Å². The van der Waals surface area contributed by atoms with Crippen LogP contribution in [0.25, 0.3) is 0 Å². The summed E-state index contributed by atoms with van der Waals surface area (Å²) in [5, 5.41) is 19.1. The number of likely N-dealkylation sites (N-methyl/N-ethyl adjacent to an activating group) is 7. The van der Waals surface area contributed by atoms with Crippen molar-refractivity contribution in [3.8, 4) is 0 Å². The van der Waals surface area contributed by atoms with Gasteiger partial charge in [-0.15, -0.1) is 0 Å². The van der Waals surface area contributed by atoms with E-state index in [1.165, 1.54) is 73.7 Å². The van der Waals surface area contributed by atoms with E-state index in [2.05, 4.69) is 16.0 Å². The standard InChI is InChI=1S/C62H102N12O13/c1-11-40(2)52-59(85)68(6)37-50(78)66(4)38-51(79)70(8)46(34-42-24-15-12-16-25-42)57(83)67(5)36-48(76)63-44(39-75)56(82)74-33-23-28-45(74)55(81)65-62(29-19-20-30-62)61(87)72(10)53(43-26-17-13-18-27-43)60(86)71(9)47(58(84)73-31-21-14-22-32-73)35-49(77)69(7)41(3)54(80)64-52/h40-47,52-53,75H,11-39H2,1-10H3,(H,63,76)(H,64,80)(H,65,81)/t40-,41-,44-,45-,46-,47-,52-,53-/m0/s1. The number of nitrogens with zero attached hydrogens (tertiary/aromatic N) is 9. The molecular formula is C62H102N12O13. The minimum absolute atomic E-state index is 0.0828. The summed E-state index contributed by atoms with van der Waals surface area (Å²) in [6.45, 7) is 3.64. The first-order chi connectivity index (χ1) is 41.3. The maximum absolute atomic E-state index is 15.5. The van der Waals surface area contributed by atoms with Gasteiger partial charge in [-0.25, -0.2) is 0 Å². The largest absolute Gasteiger partial charge is 0.394 e. The Morgan fingerprint density at radius 1 is 0.586 bits per heavy atom. The van der Waals surface area contributed by atoms with Crippen molar-refractivity contribution in [2.75, 3.05) is 95.2 Å². The number of hydrogen-bond acceptors (Lipinski definition) is 13. The maximum atomic E-state index is 15.5. The number of amides is 12. The average Bonchev–Trinajstić information content (AvgIpc) is 1.97. The number of rotatable bonds is 7. The van der Waals surface area contributed by atoms with E-state index in [4.69, 9.17) is 0 Å². The summed E-state index contributed by atoms with van der Waals surface area (Å²) in [6.07, 6.45) is 13.0. The van der Waals surface area contributed by atoms with Crippen LogP contribution in [0, 0.1) is 17.8 Å². The number of hydrogen-bond donors (Lipinski definition) is 4. The highest BCUT2D eigenvalue weighted by Gasteiger charge is 2.51. The molecule has 25 heteroatoms. The Labute approximate surface area is 514 Å². The van der Waals surface area contributed by atoms with Crippen LogP contribution in [0.15, 0.2) is 0 Å². The monoisotopic (exact) mass is 1220 g/mol. The van der Waals surface area contributed by atoms with E-state index >= 15 is 9.59 Å². The molecule has 0 aromatic carbocycles. The normalized spacial score (nSPS) is 28.9. The number of likely N-dealkylation sites (tertiary alicyclic amines) is 1. The smallest absolute Gasteiger partial charge is 0.248 e. The predicted molar refractivity (Wildman–Crippen MR) is 322 cm³/mol. The van der Waals surface area contributed by atoms with Gasteiger partial charge in [0.15, 0.2) is 0 Å². The van der Waals surface area contributed by atoms with Crippen molar-refractivity contribution < 1.29 is 62.6 Å². The molecule has 0 unspecified atom stereocenters. The summed E-state index contributed by atoms with van der Waals surface area (Å²) in [7, 11) is 10.1. The summed E-state index contributed by atoms with van der Waals surface area (Å²) < 4.78 is 0. The Morgan fingerprint density at radius 3 is 1.78 bits per heavy atom. The van der Waals surface area contributed by atoms with Crippen LogP contribution in [-0.2, 0) is 57.5 Å². The number of piperidine rings is 1. The minimum Gasteiger partial charge on any atom is -0.394 e. The first-order valence-corrected chi connectivity index (χ1v) is 32.2. The Bertz CT molecular complexity index is 2490. The first-order valence-electron chi connectivity index (χ1n) is 32.2. The van der Waals surface area contributed by atoms with E-state index in [0.717, 1.165) is 85.3 Å². The highest BCUT2D eigenvalue weighted by Crippen LogP contribution is 2.37. The van der Waals surface area contributed by atoms with Crippen LogP contribution in [0.4, 0.5) is 0 Å². The van der Waals surface area contributed by atoms with Gasteiger partial charge in [0, 0.05) is 69.0 Å². The van der Waals surface area contributed by atoms with Crippen molar-refractivity contribution in [2.24, 2.45) is 17.8 Å². The van der Waals surface area contributed by atoms with E-state index < -0.39 is 157 Å². The number of aliphatic hydroxyl groups excluding tert-OH is 1. The van der Waals surface area contributed by atoms with Crippen LogP contribution in [0.3, 0.4) is 0 Å². The topological polar surface area (TPSA) is 290 Å². The van der Waals surface area contributed by atoms with Crippen molar-refractivity contribution >= 4 is 70.9 Å². The lowest BCUT2D eigenvalue weighted by molar-refractivity contribution is -0.157. The number of fused-ring (bicyclic) bond motifs is 1. The molecule has 6 aliphatic rings. The molecule has 0 bridgehead atoms. The third-order valence-corrected chi connectivity index (χ3v) is 20.0. The zero-order valence-electron chi connectivity index (χ0n) is 53.7. The van der Waals surface area contributed by atoms with Crippen molar-refractivity contribution in [1.82, 2.24) is 60.0 Å². The van der Waals surface area contributed by atoms with E-state index in [0.29, 0.717) is 51.6 Å². The molecule has 4 N–H and O–H groups in total. The lowest BCUT2D eigenvalue weighted by Crippen LogP contribution is -2.65. The number of nitrogens with one attached hydrogen (secondary N) is 3. The van der Waals surface area contributed by atoms with Gasteiger partial charge in [0.05, 0.1) is 32.7 Å². The van der Waals surface area contributed by atoms with Crippen LogP contribution < -0.4 is 16.0 Å². The van der Waals surface area contributed by atoms with Crippen LogP contribution in [0.1, 0.15) is 162 Å². The molecule has 488 valence electrons. The Hall–Kier alpha value is -6.40. The van der Waals surface area contributed by atoms with Crippen molar-refractivity contribution in [3.05, 3.63) is 0 Å². The number of carbonyl (C=O) groups is 12. The lowest BCUT2D eigenvalue weighted by atomic mass is 9.81. The van der Waals surface area contributed by atoms with Gasteiger partial charge in [-0.3, -0.25) is 57.5 Å². The van der Waals surface area contributed by atoms with Crippen LogP contribution in [0.2, 0.25) is 0 Å². The third-order valence-electron chi connectivity index (χ3n) is 20.0. The van der Waals surface area contributed by atoms with Gasteiger partial charge in [0.25, 0.3) is 0 Å². The molecule has 6 fully saturated rings. The fraction of sp³-hybridized carbons (Fsp3) is 0.806. The highest BCUT2D eigenvalue weighted by molar-refractivity contribution is 6.00. The zero-order valence-corrected chi connectivity index (χ0v) is 53.7. The van der Waals surface area contributed by atoms with Gasteiger partial charge < -0.3 is 65.2 Å². The van der Waals surface area contributed by atoms with E-state index in [1.807, 2.05) is 6.92 Å². The predicted octanol–water partition coefficient (Wildman–Crippen LogP) is 1.08. The molecular weight excluding hydrogens is 1120 g/mol. The molecule has 3 aliphatic heterocycles. The Kier molecular flexibility index (Phi) is 25.4. The van der Waals surface area contributed by atoms with Gasteiger partial charge in [0.2, 0.25) is 70.9 Å². The van der Waals surface area contributed by atoms with E-state index in [1.54, 1.807) is 18.9 Å². The molecule has 87 heavy (non-hydrogen) atoms. The number of carbonyl (C=O) groups excluding carboxylic acids is 12. The molecule has 1 spiro atoms. The van der Waals surface area contributed by atoms with Gasteiger partial charge in [-0.1, -0.05) is 84.5 Å². The molecule has 8 atom stereocenters. The SMILES string of the molecule is CC[C@H](C)[C@@H]1NC(=O)[C@H](C)N(C)C(=O)C[C@@H](C(=O)N2CCCCC2)N(C)C(=O)[C@H](C2CCCCC2)N(C)C(=O)C2(CCCC2)NC(=O)[C@@H]2CCCN2C(=O)[C@H](CO)NC(=O)CN(C)C(=O)[C@H](CC2CCCCC2)N(C)C(=O)CN(C)C(=O)CN(C)C1=O. The summed E-state index contributed by atoms with van der Waals surface area (Å²) in [5.74, 6) is -8.10. The highest BCUT2D eigenvalue weighted by atomic mass is 16.3. The molecule has 3 saturated heterocycles. The second kappa shape index (κ2) is 31.7. The molecule has 6 rings (SSSR count). The molecule has 25 nitrogen and oxygen atoms in total. The lowest BCUT2D eigenvalue weighted by Gasteiger charge is -2.43. The van der Waals surface area contributed by atoms with E-state index in [-0.39, 0.29) is 44.1 Å². The Morgan fingerprint density at radius 2 is 1.17 bits per heavy atom. The van der Waals surface area contributed by atoms with Gasteiger partial charge in [-0.2, -0.15) is 0 Å². The minimum atomic E-state index is -1.52. The summed E-state index contributed by atoms with van der Waals surface area (Å²) in [5.41, 5.74) is -1.49. The van der Waals surface area contributed by atoms with Crippen molar-refractivity contribution in [2.45, 2.75) is 210 Å². The number of aliphatic hydroxyl groups is 1. The summed E-state index contributed by atoms with van der Waals surface area (Å²) >= 11 is 0. The molecule has 3 aliphatic carbocycles. The first kappa shape index (κ1) is 69.7. The van der Waals surface area contributed by atoms with Crippen molar-refractivity contribution in [1.29, 1.82) is 0 Å². The summed E-state index contributed by atoms with van der Waals surface area (Å²) in [6, 6.07) is -8.47. The van der Waals surface area contributed by atoms with E-state index in [9.17, 15) is 53.1 Å². The Balaban J connectivity index is 1.36. The second-order valence-corrected chi connectivity index (χ2v) is 26.0. The molecule has 0 aromatic rings. The van der Waals surface area contributed by atoms with Crippen LogP contribution in [0.5, 0.6) is 0 Å². The fourth-order valence-corrected chi connectivity index (χ4v) is 13.9. The second-order valence-electron chi connectivity index (χ2n) is 26.0. The molecule has 0 aromatic heterocycles. The van der Waals surface area contributed by atoms with Gasteiger partial charge >= 0.3 is 0 Å². The molecule has 3 saturated carbocycles. The van der Waals surface area contributed by atoms with Gasteiger partial charge in [0.1, 0.15) is 47.8 Å². The quantitative estimate of drug-likeness (QED) is 0.278. The zero-order chi connectivity index (χ0) is 64.0. The average molecular weight is 1220 g/mol.